The molecule has 1 aliphatic rings. The van der Waals surface area contributed by atoms with Gasteiger partial charge in [0.05, 0.1) is 19.4 Å². The van der Waals surface area contributed by atoms with Gasteiger partial charge in [-0.1, -0.05) is 0 Å². The fourth-order valence-electron chi connectivity index (χ4n) is 2.71. The van der Waals surface area contributed by atoms with Crippen LogP contribution in [0.5, 0.6) is 5.75 Å². The molecular formula is C18H20F3N5O3. The number of carbonyl (C=O) groups excluding carboxylic acids is 1. The normalized spacial score (nSPS) is 14.4. The number of halogens is 3. The highest BCUT2D eigenvalue weighted by atomic mass is 19.4. The van der Waals surface area contributed by atoms with Crippen molar-refractivity contribution in [3.63, 3.8) is 0 Å². The van der Waals surface area contributed by atoms with Crippen molar-refractivity contribution >= 4 is 23.4 Å². The van der Waals surface area contributed by atoms with Crippen molar-refractivity contribution in [3.05, 3.63) is 36.0 Å². The minimum atomic E-state index is -4.79. The van der Waals surface area contributed by atoms with Gasteiger partial charge in [0, 0.05) is 32.7 Å². The van der Waals surface area contributed by atoms with Crippen molar-refractivity contribution in [3.8, 4) is 5.75 Å². The van der Waals surface area contributed by atoms with Crippen molar-refractivity contribution in [2.45, 2.75) is 6.36 Å². The van der Waals surface area contributed by atoms with Gasteiger partial charge in [-0.25, -0.2) is 4.98 Å². The molecule has 1 amide bonds. The van der Waals surface area contributed by atoms with Gasteiger partial charge >= 0.3 is 6.36 Å². The van der Waals surface area contributed by atoms with Gasteiger partial charge in [-0.2, -0.15) is 4.98 Å². The first-order chi connectivity index (χ1) is 13.7. The summed E-state index contributed by atoms with van der Waals surface area (Å²) in [5.41, 5.74) is 0.550. The quantitative estimate of drug-likeness (QED) is 0.810. The maximum atomic E-state index is 12.5. The number of rotatable bonds is 5. The molecule has 0 spiro atoms. The standard InChI is InChI=1S/C18H20F3N5O3/c1-25(2)15-14(11-22-17(24-15)26-7-9-28-10-8-26)23-16(27)12-3-5-13(6-4-12)29-18(19,20)21/h3-6,11H,7-10H2,1-2H3,(H,23,27). The molecule has 1 saturated heterocycles. The minimum Gasteiger partial charge on any atom is -0.406 e. The van der Waals surface area contributed by atoms with Crippen LogP contribution in [-0.4, -0.2) is 62.6 Å². The molecule has 1 aliphatic heterocycles. The van der Waals surface area contributed by atoms with Crippen LogP contribution in [-0.2, 0) is 4.74 Å². The fourth-order valence-corrected chi connectivity index (χ4v) is 2.71. The molecule has 8 nitrogen and oxygen atoms in total. The first-order valence-electron chi connectivity index (χ1n) is 8.77. The van der Waals surface area contributed by atoms with Crippen LogP contribution in [0, 0.1) is 0 Å². The van der Waals surface area contributed by atoms with Gasteiger partial charge in [-0.05, 0) is 24.3 Å². The lowest BCUT2D eigenvalue weighted by atomic mass is 10.2. The number of hydrogen-bond donors (Lipinski definition) is 1. The van der Waals surface area contributed by atoms with Gasteiger partial charge in [0.1, 0.15) is 11.4 Å². The fraction of sp³-hybridized carbons (Fsp3) is 0.389. The SMILES string of the molecule is CN(C)c1nc(N2CCOCC2)ncc1NC(=O)c1ccc(OC(F)(F)F)cc1. The van der Waals surface area contributed by atoms with E-state index in [4.69, 9.17) is 4.74 Å². The second kappa shape index (κ2) is 8.52. The van der Waals surface area contributed by atoms with Crippen LogP contribution >= 0.6 is 0 Å². The van der Waals surface area contributed by atoms with Crippen molar-refractivity contribution in [2.75, 3.05) is 55.5 Å². The number of morpholine rings is 1. The third kappa shape index (κ3) is 5.47. The number of nitrogens with one attached hydrogen (secondary N) is 1. The monoisotopic (exact) mass is 411 g/mol. The lowest BCUT2D eigenvalue weighted by molar-refractivity contribution is -0.274. The average molecular weight is 411 g/mol. The zero-order valence-corrected chi connectivity index (χ0v) is 15.9. The number of amides is 1. The molecule has 29 heavy (non-hydrogen) atoms. The summed E-state index contributed by atoms with van der Waals surface area (Å²) < 4.78 is 45.9. The lowest BCUT2D eigenvalue weighted by Gasteiger charge is -2.28. The molecular weight excluding hydrogens is 391 g/mol. The number of aromatic nitrogens is 2. The summed E-state index contributed by atoms with van der Waals surface area (Å²) in [5, 5.41) is 2.69. The molecule has 1 fully saturated rings. The highest BCUT2D eigenvalue weighted by molar-refractivity contribution is 6.05. The highest BCUT2D eigenvalue weighted by Gasteiger charge is 2.31. The molecule has 0 saturated carbocycles. The minimum absolute atomic E-state index is 0.168. The predicted octanol–water partition coefficient (Wildman–Crippen LogP) is 2.53. The largest absolute Gasteiger partial charge is 0.573 e. The van der Waals surface area contributed by atoms with Crippen LogP contribution in [0.3, 0.4) is 0 Å². The zero-order chi connectivity index (χ0) is 21.0. The predicted molar refractivity (Wildman–Crippen MR) is 100 cm³/mol. The summed E-state index contributed by atoms with van der Waals surface area (Å²) in [7, 11) is 3.56. The van der Waals surface area contributed by atoms with E-state index in [1.165, 1.54) is 18.3 Å². The summed E-state index contributed by atoms with van der Waals surface area (Å²) in [6, 6.07) is 4.64. The third-order valence-corrected chi connectivity index (χ3v) is 4.07. The Labute approximate surface area is 165 Å². The number of benzene rings is 1. The summed E-state index contributed by atoms with van der Waals surface area (Å²) in [6.45, 7) is 2.52. The Hall–Kier alpha value is -3.08. The lowest BCUT2D eigenvalue weighted by Crippen LogP contribution is -2.37. The van der Waals surface area contributed by atoms with Crippen LogP contribution in [0.4, 0.5) is 30.6 Å². The number of nitrogens with zero attached hydrogens (tertiary/aromatic N) is 4. The Kier molecular flexibility index (Phi) is 6.06. The van der Waals surface area contributed by atoms with Crippen molar-refractivity contribution in [1.29, 1.82) is 0 Å². The Balaban J connectivity index is 1.75. The molecule has 0 bridgehead atoms. The van der Waals surface area contributed by atoms with Gasteiger partial charge in [0.15, 0.2) is 5.82 Å². The van der Waals surface area contributed by atoms with E-state index in [2.05, 4.69) is 20.0 Å². The van der Waals surface area contributed by atoms with Gasteiger partial charge in [-0.3, -0.25) is 4.79 Å². The summed E-state index contributed by atoms with van der Waals surface area (Å²) in [4.78, 5) is 25.1. The van der Waals surface area contributed by atoms with Crippen LogP contribution in [0.25, 0.3) is 0 Å². The molecule has 2 aromatic rings. The molecule has 0 unspecified atom stereocenters. The van der Waals surface area contributed by atoms with Crippen LogP contribution in [0.1, 0.15) is 10.4 Å². The molecule has 2 heterocycles. The topological polar surface area (TPSA) is 79.8 Å². The van der Waals surface area contributed by atoms with Crippen LogP contribution in [0.2, 0.25) is 0 Å². The number of anilines is 3. The van der Waals surface area contributed by atoms with Gasteiger partial charge < -0.3 is 24.6 Å². The molecule has 1 aromatic carbocycles. The van der Waals surface area contributed by atoms with E-state index in [-0.39, 0.29) is 5.56 Å². The van der Waals surface area contributed by atoms with Crippen molar-refractivity contribution in [1.82, 2.24) is 9.97 Å². The van der Waals surface area contributed by atoms with Crippen molar-refractivity contribution < 1.29 is 27.4 Å². The van der Waals surface area contributed by atoms with Crippen LogP contribution in [0.15, 0.2) is 30.5 Å². The first kappa shape index (κ1) is 20.6. The van der Waals surface area contributed by atoms with E-state index < -0.39 is 18.0 Å². The highest BCUT2D eigenvalue weighted by Crippen LogP contribution is 2.26. The van der Waals surface area contributed by atoms with Gasteiger partial charge in [0.2, 0.25) is 5.95 Å². The molecule has 1 aromatic heterocycles. The molecule has 0 aliphatic carbocycles. The average Bonchev–Trinajstić information content (AvgIpc) is 2.68. The number of hydrogen-bond acceptors (Lipinski definition) is 7. The number of carbonyl (C=O) groups is 1. The van der Waals surface area contributed by atoms with Crippen molar-refractivity contribution in [2.24, 2.45) is 0 Å². The zero-order valence-electron chi connectivity index (χ0n) is 15.9. The van der Waals surface area contributed by atoms with E-state index in [0.717, 1.165) is 12.1 Å². The first-order valence-corrected chi connectivity index (χ1v) is 8.77. The smallest absolute Gasteiger partial charge is 0.406 e. The molecule has 11 heteroatoms. The molecule has 3 rings (SSSR count). The molecule has 1 N–H and O–H groups in total. The Morgan fingerprint density at radius 2 is 1.86 bits per heavy atom. The number of alkyl halides is 3. The maximum absolute atomic E-state index is 12.5. The Morgan fingerprint density at radius 1 is 1.21 bits per heavy atom. The van der Waals surface area contributed by atoms with Gasteiger partial charge in [0.25, 0.3) is 5.91 Å². The summed E-state index contributed by atoms with van der Waals surface area (Å²) in [5.74, 6) is 0.131. The van der Waals surface area contributed by atoms with E-state index >= 15 is 0 Å². The Morgan fingerprint density at radius 3 is 2.45 bits per heavy atom. The van der Waals surface area contributed by atoms with Crippen LogP contribution < -0.4 is 19.9 Å². The van der Waals surface area contributed by atoms with E-state index in [1.54, 1.807) is 19.0 Å². The van der Waals surface area contributed by atoms with Gasteiger partial charge in [-0.15, -0.1) is 13.2 Å². The second-order valence-electron chi connectivity index (χ2n) is 6.43. The molecule has 156 valence electrons. The summed E-state index contributed by atoms with van der Waals surface area (Å²) in [6.07, 6.45) is -3.28. The second-order valence-corrected chi connectivity index (χ2v) is 6.43. The Bertz CT molecular complexity index is 853. The summed E-state index contributed by atoms with van der Waals surface area (Å²) >= 11 is 0. The number of ether oxygens (including phenoxy) is 2. The molecule has 0 atom stereocenters. The maximum Gasteiger partial charge on any atom is 0.573 e. The van der Waals surface area contributed by atoms with E-state index in [1.807, 2.05) is 4.90 Å². The van der Waals surface area contributed by atoms with E-state index in [9.17, 15) is 18.0 Å². The van der Waals surface area contributed by atoms with E-state index in [0.29, 0.717) is 43.8 Å². The third-order valence-electron chi connectivity index (χ3n) is 4.07. The molecule has 0 radical (unpaired) electrons.